The van der Waals surface area contributed by atoms with Gasteiger partial charge in [-0.3, -0.25) is 4.79 Å². The molecule has 0 aliphatic rings. The van der Waals surface area contributed by atoms with Gasteiger partial charge in [-0.2, -0.15) is 0 Å². The quantitative estimate of drug-likeness (QED) is 0.784. The van der Waals surface area contributed by atoms with Gasteiger partial charge in [0.2, 0.25) is 0 Å². The molecule has 0 bridgehead atoms. The van der Waals surface area contributed by atoms with E-state index >= 15 is 0 Å². The average Bonchev–Trinajstić information content (AvgIpc) is 2.33. The third-order valence-electron chi connectivity index (χ3n) is 2.71. The summed E-state index contributed by atoms with van der Waals surface area (Å²) in [5, 5.41) is 0. The minimum Gasteiger partial charge on any atom is -0.339 e. The summed E-state index contributed by atoms with van der Waals surface area (Å²) in [4.78, 5) is 13.3. The van der Waals surface area contributed by atoms with Gasteiger partial charge in [-0.05, 0) is 31.0 Å². The summed E-state index contributed by atoms with van der Waals surface area (Å²) < 4.78 is 36.1. The summed E-state index contributed by atoms with van der Waals surface area (Å²) in [7, 11) is 1.13. The summed E-state index contributed by atoms with van der Waals surface area (Å²) in [6.45, 7) is 6.66. The lowest BCUT2D eigenvalue weighted by Gasteiger charge is -2.23. The molecular weight excluding hydrogens is 305 g/mol. The molecule has 1 amide bonds. The number of rotatable bonds is 5. The van der Waals surface area contributed by atoms with Crippen molar-refractivity contribution < 1.29 is 17.6 Å². The van der Waals surface area contributed by atoms with Gasteiger partial charge in [0.15, 0.2) is 0 Å². The average molecular weight is 322 g/mol. The number of carbonyl (C=O) groups excluding carboxylic acids is 1. The maximum absolute atomic E-state index is 13.9. The summed E-state index contributed by atoms with van der Waals surface area (Å²) in [6.07, 6.45) is 0. The topological polar surface area (TPSA) is 54.5 Å². The highest BCUT2D eigenvalue weighted by atomic mass is 35.7. The molecule has 112 valence electrons. The van der Waals surface area contributed by atoms with Crippen LogP contribution < -0.4 is 0 Å². The lowest BCUT2D eigenvalue weighted by molar-refractivity contribution is 0.0741. The van der Waals surface area contributed by atoms with Gasteiger partial charge in [0.05, 0.1) is 10.5 Å². The third kappa shape index (κ3) is 4.18. The maximum atomic E-state index is 13.9. The van der Waals surface area contributed by atoms with Gasteiger partial charge in [-0.1, -0.05) is 13.8 Å². The van der Waals surface area contributed by atoms with Crippen molar-refractivity contribution in [1.82, 2.24) is 4.90 Å². The molecule has 0 fully saturated rings. The van der Waals surface area contributed by atoms with E-state index in [2.05, 4.69) is 0 Å². The molecule has 0 radical (unpaired) electrons. The first-order chi connectivity index (χ1) is 9.16. The first kappa shape index (κ1) is 16.9. The third-order valence-corrected chi connectivity index (χ3v) is 4.06. The Kier molecular flexibility index (Phi) is 5.53. The highest BCUT2D eigenvalue weighted by Crippen LogP contribution is 2.20. The summed E-state index contributed by atoms with van der Waals surface area (Å²) in [5.74, 6) is -1.10. The number of halogens is 2. The Balaban J connectivity index is 3.11. The molecule has 0 aliphatic heterocycles. The van der Waals surface area contributed by atoms with Crippen LogP contribution in [0.2, 0.25) is 0 Å². The maximum Gasteiger partial charge on any atom is 0.261 e. The van der Waals surface area contributed by atoms with Crippen LogP contribution in [-0.2, 0) is 9.05 Å². The fourth-order valence-electron chi connectivity index (χ4n) is 1.79. The Hall–Kier alpha value is -1.14. The fraction of sp³-hybridized carbons (Fsp3) is 0.462. The van der Waals surface area contributed by atoms with Crippen molar-refractivity contribution in [3.05, 3.63) is 29.6 Å². The zero-order valence-electron chi connectivity index (χ0n) is 11.6. The molecule has 0 spiro atoms. The molecule has 0 saturated carbocycles. The summed E-state index contributed by atoms with van der Waals surface area (Å²) >= 11 is 0. The van der Waals surface area contributed by atoms with Crippen LogP contribution in [0.4, 0.5) is 4.39 Å². The van der Waals surface area contributed by atoms with Gasteiger partial charge < -0.3 is 4.90 Å². The van der Waals surface area contributed by atoms with Crippen molar-refractivity contribution in [2.24, 2.45) is 5.92 Å². The van der Waals surface area contributed by atoms with Gasteiger partial charge in [0.25, 0.3) is 15.0 Å². The molecule has 1 aromatic rings. The molecule has 20 heavy (non-hydrogen) atoms. The second-order valence-electron chi connectivity index (χ2n) is 4.82. The second-order valence-corrected chi connectivity index (χ2v) is 7.38. The Morgan fingerprint density at radius 2 is 2.00 bits per heavy atom. The molecule has 4 nitrogen and oxygen atoms in total. The number of hydrogen-bond acceptors (Lipinski definition) is 3. The molecule has 0 N–H and O–H groups in total. The number of hydrogen-bond donors (Lipinski definition) is 0. The normalized spacial score (nSPS) is 11.7. The van der Waals surface area contributed by atoms with E-state index in [1.807, 2.05) is 13.8 Å². The van der Waals surface area contributed by atoms with Gasteiger partial charge >= 0.3 is 0 Å². The van der Waals surface area contributed by atoms with Crippen LogP contribution >= 0.6 is 10.7 Å². The van der Waals surface area contributed by atoms with Crippen LogP contribution in [0.15, 0.2) is 23.1 Å². The van der Waals surface area contributed by atoms with Crippen LogP contribution in [0.5, 0.6) is 0 Å². The largest absolute Gasteiger partial charge is 0.339 e. The highest BCUT2D eigenvalue weighted by Gasteiger charge is 2.21. The van der Waals surface area contributed by atoms with Crippen molar-refractivity contribution in [3.8, 4) is 0 Å². The van der Waals surface area contributed by atoms with Gasteiger partial charge in [0.1, 0.15) is 5.82 Å². The van der Waals surface area contributed by atoms with E-state index in [0.717, 1.165) is 18.2 Å². The first-order valence-electron chi connectivity index (χ1n) is 6.20. The van der Waals surface area contributed by atoms with Gasteiger partial charge in [0, 0.05) is 23.8 Å². The zero-order valence-corrected chi connectivity index (χ0v) is 13.1. The van der Waals surface area contributed by atoms with E-state index in [4.69, 9.17) is 10.7 Å². The Labute approximate surface area is 123 Å². The summed E-state index contributed by atoms with van der Waals surface area (Å²) in [5.41, 5.74) is -0.156. The van der Waals surface area contributed by atoms with E-state index in [-0.39, 0.29) is 16.4 Å². The van der Waals surface area contributed by atoms with Crippen molar-refractivity contribution in [1.29, 1.82) is 0 Å². The molecule has 0 atom stereocenters. The Morgan fingerprint density at radius 3 is 2.40 bits per heavy atom. The predicted molar refractivity (Wildman–Crippen MR) is 75.9 cm³/mol. The number of carbonyl (C=O) groups is 1. The standard InChI is InChI=1S/C13H17ClFNO3S/c1-4-16(8-9(2)3)13(17)11-6-5-10(7-12(11)15)20(14,18)19/h5-7,9H,4,8H2,1-3H3. The van der Waals surface area contributed by atoms with Gasteiger partial charge in [-0.15, -0.1) is 0 Å². The van der Waals surface area contributed by atoms with E-state index in [9.17, 15) is 17.6 Å². The molecule has 1 rings (SSSR count). The SMILES string of the molecule is CCN(CC(C)C)C(=O)c1ccc(S(=O)(=O)Cl)cc1F. The predicted octanol–water partition coefficient (Wildman–Crippen LogP) is 2.87. The molecule has 7 heteroatoms. The summed E-state index contributed by atoms with van der Waals surface area (Å²) in [6, 6.07) is 3.04. The molecule has 0 aromatic heterocycles. The molecule has 0 heterocycles. The van der Waals surface area contributed by atoms with E-state index in [1.165, 1.54) is 4.90 Å². The molecule has 0 aliphatic carbocycles. The minimum atomic E-state index is -4.01. The molecule has 0 unspecified atom stereocenters. The fourth-order valence-corrected chi connectivity index (χ4v) is 2.55. The first-order valence-corrected chi connectivity index (χ1v) is 8.51. The van der Waals surface area contributed by atoms with Gasteiger partial charge in [-0.25, -0.2) is 12.8 Å². The number of amides is 1. The van der Waals surface area contributed by atoms with Crippen molar-refractivity contribution in [3.63, 3.8) is 0 Å². The van der Waals surface area contributed by atoms with Crippen LogP contribution in [0, 0.1) is 11.7 Å². The van der Waals surface area contributed by atoms with Crippen molar-refractivity contribution in [2.75, 3.05) is 13.1 Å². The van der Waals surface area contributed by atoms with Crippen LogP contribution in [0.25, 0.3) is 0 Å². The molecule has 0 saturated heterocycles. The van der Waals surface area contributed by atoms with Crippen LogP contribution in [0.3, 0.4) is 0 Å². The van der Waals surface area contributed by atoms with Crippen LogP contribution in [0.1, 0.15) is 31.1 Å². The minimum absolute atomic E-state index is 0.156. The number of benzene rings is 1. The molecule has 1 aromatic carbocycles. The molecular formula is C13H17ClFNO3S. The Bertz CT molecular complexity index is 602. The van der Waals surface area contributed by atoms with E-state index in [0.29, 0.717) is 13.1 Å². The Morgan fingerprint density at radius 1 is 1.40 bits per heavy atom. The lowest BCUT2D eigenvalue weighted by atomic mass is 10.1. The van der Waals surface area contributed by atoms with Crippen LogP contribution in [-0.4, -0.2) is 32.3 Å². The zero-order chi connectivity index (χ0) is 15.5. The lowest BCUT2D eigenvalue weighted by Crippen LogP contribution is -2.34. The van der Waals surface area contributed by atoms with Crippen molar-refractivity contribution >= 4 is 25.6 Å². The van der Waals surface area contributed by atoms with Crippen molar-refractivity contribution in [2.45, 2.75) is 25.7 Å². The highest BCUT2D eigenvalue weighted by molar-refractivity contribution is 8.13. The van der Waals surface area contributed by atoms with E-state index in [1.54, 1.807) is 6.92 Å². The number of nitrogens with zero attached hydrogens (tertiary/aromatic N) is 1. The second kappa shape index (κ2) is 6.54. The smallest absolute Gasteiger partial charge is 0.261 e. The monoisotopic (exact) mass is 321 g/mol. The van der Waals surface area contributed by atoms with E-state index < -0.39 is 20.8 Å².